The number of rotatable bonds is 7. The molecule has 1 atom stereocenters. The fourth-order valence-corrected chi connectivity index (χ4v) is 4.64. The minimum Gasteiger partial charge on any atom is -0.355 e. The van der Waals surface area contributed by atoms with Crippen LogP contribution in [-0.4, -0.2) is 71.7 Å². The van der Waals surface area contributed by atoms with Crippen molar-refractivity contribution in [1.29, 1.82) is 0 Å². The summed E-state index contributed by atoms with van der Waals surface area (Å²) in [5.74, 6) is -0.141. The van der Waals surface area contributed by atoms with Gasteiger partial charge in [-0.15, -0.1) is 0 Å². The van der Waals surface area contributed by atoms with Gasteiger partial charge < -0.3 is 10.6 Å². The van der Waals surface area contributed by atoms with Gasteiger partial charge in [-0.1, -0.05) is 42.5 Å². The second-order valence-corrected chi connectivity index (χ2v) is 9.17. The van der Waals surface area contributed by atoms with Crippen LogP contribution in [0.3, 0.4) is 0 Å². The Balaban J connectivity index is 1.41. The van der Waals surface area contributed by atoms with Crippen LogP contribution in [0.15, 0.2) is 54.6 Å². The van der Waals surface area contributed by atoms with Crippen molar-refractivity contribution >= 4 is 17.5 Å². The lowest BCUT2D eigenvalue weighted by molar-refractivity contribution is -0.118. The smallest absolute Gasteiger partial charge is 0.251 e. The number of aromatic nitrogens is 2. The molecule has 2 heterocycles. The number of carbonyl (C=O) groups excluding carboxylic acids is 2. The lowest BCUT2D eigenvalue weighted by atomic mass is 10.00. The molecule has 184 valence electrons. The van der Waals surface area contributed by atoms with Crippen molar-refractivity contribution in [3.05, 3.63) is 82.7 Å². The molecule has 1 saturated heterocycles. The largest absolute Gasteiger partial charge is 0.355 e. The molecule has 0 spiro atoms. The van der Waals surface area contributed by atoms with Gasteiger partial charge in [0.05, 0.1) is 30.2 Å². The van der Waals surface area contributed by atoms with Gasteiger partial charge in [0.15, 0.2) is 0 Å². The standard InChI is InChI=1S/C27H34N6O2/c1-19-26(20(2)33(30-19)16-21-9-6-5-7-10-21)29-25(34)18-32-14-13-31(4)24(17-32)22-11-8-12-23(15-22)27(35)28-3/h5-12,15,24H,13-14,16-18H2,1-4H3,(H,28,35)(H,29,34). The molecule has 1 aromatic heterocycles. The van der Waals surface area contributed by atoms with Crippen molar-refractivity contribution in [3.63, 3.8) is 0 Å². The fraction of sp³-hybridized carbons (Fsp3) is 0.370. The Hall–Kier alpha value is -3.49. The van der Waals surface area contributed by atoms with Crippen molar-refractivity contribution in [2.75, 3.05) is 45.6 Å². The maximum Gasteiger partial charge on any atom is 0.251 e. The van der Waals surface area contributed by atoms with Crippen LogP contribution < -0.4 is 10.6 Å². The average Bonchev–Trinajstić information content (AvgIpc) is 3.12. The van der Waals surface area contributed by atoms with Crippen molar-refractivity contribution < 1.29 is 9.59 Å². The van der Waals surface area contributed by atoms with Gasteiger partial charge in [0, 0.05) is 38.3 Å². The van der Waals surface area contributed by atoms with E-state index in [-0.39, 0.29) is 17.9 Å². The van der Waals surface area contributed by atoms with E-state index < -0.39 is 0 Å². The van der Waals surface area contributed by atoms with E-state index in [0.717, 1.165) is 35.7 Å². The summed E-state index contributed by atoms with van der Waals surface area (Å²) >= 11 is 0. The number of anilines is 1. The third kappa shape index (κ3) is 5.78. The molecule has 3 aromatic rings. The predicted molar refractivity (Wildman–Crippen MR) is 138 cm³/mol. The number of nitrogens with zero attached hydrogens (tertiary/aromatic N) is 4. The van der Waals surface area contributed by atoms with E-state index in [1.165, 1.54) is 5.56 Å². The molecule has 35 heavy (non-hydrogen) atoms. The highest BCUT2D eigenvalue weighted by atomic mass is 16.2. The van der Waals surface area contributed by atoms with Gasteiger partial charge in [-0.05, 0) is 44.2 Å². The Labute approximate surface area is 206 Å². The Morgan fingerprint density at radius 2 is 1.83 bits per heavy atom. The molecule has 8 nitrogen and oxygen atoms in total. The molecular weight excluding hydrogens is 440 g/mol. The van der Waals surface area contributed by atoms with E-state index in [4.69, 9.17) is 0 Å². The zero-order chi connectivity index (χ0) is 24.9. The van der Waals surface area contributed by atoms with Crippen molar-refractivity contribution in [2.45, 2.75) is 26.4 Å². The van der Waals surface area contributed by atoms with Crippen LogP contribution >= 0.6 is 0 Å². The van der Waals surface area contributed by atoms with Crippen LogP contribution in [-0.2, 0) is 11.3 Å². The Morgan fingerprint density at radius 1 is 1.06 bits per heavy atom. The molecule has 0 bridgehead atoms. The van der Waals surface area contributed by atoms with Crippen molar-refractivity contribution in [2.24, 2.45) is 0 Å². The molecule has 1 unspecified atom stereocenters. The Kier molecular flexibility index (Phi) is 7.63. The number of hydrogen-bond acceptors (Lipinski definition) is 5. The first-order chi connectivity index (χ1) is 16.9. The first-order valence-electron chi connectivity index (χ1n) is 12.0. The molecule has 0 radical (unpaired) electrons. The third-order valence-corrected chi connectivity index (χ3v) is 6.68. The van der Waals surface area contributed by atoms with Crippen molar-refractivity contribution in [1.82, 2.24) is 24.9 Å². The number of benzene rings is 2. The number of carbonyl (C=O) groups is 2. The normalized spacial score (nSPS) is 16.7. The zero-order valence-electron chi connectivity index (χ0n) is 20.9. The van der Waals surface area contributed by atoms with E-state index in [0.29, 0.717) is 25.2 Å². The first kappa shape index (κ1) is 24.6. The molecule has 8 heteroatoms. The molecule has 4 rings (SSSR count). The molecule has 0 saturated carbocycles. The number of likely N-dealkylation sites (N-methyl/N-ethyl adjacent to an activating group) is 1. The minimum atomic E-state index is -0.0971. The average molecular weight is 475 g/mol. The van der Waals surface area contributed by atoms with Crippen LogP contribution in [0.5, 0.6) is 0 Å². The minimum absolute atomic E-state index is 0.0436. The first-order valence-corrected chi connectivity index (χ1v) is 12.0. The second-order valence-electron chi connectivity index (χ2n) is 9.17. The summed E-state index contributed by atoms with van der Waals surface area (Å²) in [5.41, 5.74) is 5.44. The highest BCUT2D eigenvalue weighted by Crippen LogP contribution is 2.25. The summed E-state index contributed by atoms with van der Waals surface area (Å²) in [6, 6.07) is 18.0. The molecule has 1 aliphatic rings. The summed E-state index contributed by atoms with van der Waals surface area (Å²) in [5, 5.41) is 10.4. The van der Waals surface area contributed by atoms with Gasteiger partial charge in [0.2, 0.25) is 5.91 Å². The van der Waals surface area contributed by atoms with Crippen LogP contribution in [0, 0.1) is 13.8 Å². The highest BCUT2D eigenvalue weighted by Gasteiger charge is 2.27. The predicted octanol–water partition coefficient (Wildman–Crippen LogP) is 2.84. The molecule has 2 N–H and O–H groups in total. The summed E-state index contributed by atoms with van der Waals surface area (Å²) in [6.45, 7) is 7.25. The molecular formula is C27H34N6O2. The lowest BCUT2D eigenvalue weighted by Crippen LogP contribution is -2.49. The maximum atomic E-state index is 13.0. The van der Waals surface area contributed by atoms with Gasteiger partial charge in [0.25, 0.3) is 5.91 Å². The van der Waals surface area contributed by atoms with E-state index in [9.17, 15) is 9.59 Å². The fourth-order valence-electron chi connectivity index (χ4n) is 4.64. The number of amides is 2. The van der Waals surface area contributed by atoms with Gasteiger partial charge in [-0.3, -0.25) is 24.1 Å². The SMILES string of the molecule is CNC(=O)c1cccc(C2CN(CC(=O)Nc3c(C)nn(Cc4ccccc4)c3C)CCN2C)c1. The van der Waals surface area contributed by atoms with Gasteiger partial charge in [-0.25, -0.2) is 0 Å². The van der Waals surface area contributed by atoms with Gasteiger partial charge in [-0.2, -0.15) is 5.10 Å². The highest BCUT2D eigenvalue weighted by molar-refractivity contribution is 5.94. The Morgan fingerprint density at radius 3 is 2.57 bits per heavy atom. The van der Waals surface area contributed by atoms with Crippen molar-refractivity contribution in [3.8, 4) is 0 Å². The van der Waals surface area contributed by atoms with Crippen LogP contribution in [0.4, 0.5) is 5.69 Å². The lowest BCUT2D eigenvalue weighted by Gasteiger charge is -2.39. The third-order valence-electron chi connectivity index (χ3n) is 6.68. The van der Waals surface area contributed by atoms with E-state index >= 15 is 0 Å². The van der Waals surface area contributed by atoms with Gasteiger partial charge in [0.1, 0.15) is 0 Å². The van der Waals surface area contributed by atoms with Gasteiger partial charge >= 0.3 is 0 Å². The number of piperazine rings is 1. The molecule has 1 fully saturated rings. The van der Waals surface area contributed by atoms with E-state index in [1.807, 2.05) is 61.0 Å². The van der Waals surface area contributed by atoms with Crippen LogP contribution in [0.2, 0.25) is 0 Å². The topological polar surface area (TPSA) is 82.5 Å². The van der Waals surface area contributed by atoms with Crippen LogP contribution in [0.1, 0.15) is 38.9 Å². The Bertz CT molecular complexity index is 1190. The van der Waals surface area contributed by atoms with E-state index in [2.05, 4.69) is 44.7 Å². The number of nitrogens with one attached hydrogen (secondary N) is 2. The van der Waals surface area contributed by atoms with E-state index in [1.54, 1.807) is 7.05 Å². The zero-order valence-corrected chi connectivity index (χ0v) is 20.9. The monoisotopic (exact) mass is 474 g/mol. The molecule has 0 aliphatic carbocycles. The number of hydrogen-bond donors (Lipinski definition) is 2. The molecule has 2 amide bonds. The summed E-state index contributed by atoms with van der Waals surface area (Å²) in [7, 11) is 3.72. The molecule has 1 aliphatic heterocycles. The quantitative estimate of drug-likeness (QED) is 0.550. The molecule has 2 aromatic carbocycles. The maximum absolute atomic E-state index is 13.0. The van der Waals surface area contributed by atoms with Crippen LogP contribution in [0.25, 0.3) is 0 Å². The second kappa shape index (κ2) is 10.8. The number of aryl methyl sites for hydroxylation is 1. The summed E-state index contributed by atoms with van der Waals surface area (Å²) in [4.78, 5) is 29.5. The summed E-state index contributed by atoms with van der Waals surface area (Å²) < 4.78 is 1.94. The summed E-state index contributed by atoms with van der Waals surface area (Å²) in [6.07, 6.45) is 0.